The lowest BCUT2D eigenvalue weighted by Crippen LogP contribution is -2.44. The molecule has 6 nitrogen and oxygen atoms in total. The van der Waals surface area contributed by atoms with Gasteiger partial charge >= 0.3 is 6.09 Å². The van der Waals surface area contributed by atoms with Crippen LogP contribution in [0.25, 0.3) is 10.8 Å². The van der Waals surface area contributed by atoms with E-state index in [4.69, 9.17) is 16.3 Å². The third-order valence-corrected chi connectivity index (χ3v) is 8.00. The second-order valence-corrected chi connectivity index (χ2v) is 10.2. The van der Waals surface area contributed by atoms with E-state index < -0.39 is 16.1 Å². The molecule has 1 aliphatic heterocycles. The Morgan fingerprint density at radius 3 is 2.59 bits per heavy atom. The van der Waals surface area contributed by atoms with E-state index >= 15 is 0 Å². The smallest absolute Gasteiger partial charge is 0.414 e. The van der Waals surface area contributed by atoms with Gasteiger partial charge in [-0.2, -0.15) is 4.31 Å². The van der Waals surface area contributed by atoms with Crippen LogP contribution in [0.3, 0.4) is 0 Å². The van der Waals surface area contributed by atoms with E-state index in [1.807, 2.05) is 44.2 Å². The van der Waals surface area contributed by atoms with Crippen molar-refractivity contribution in [2.24, 2.45) is 0 Å². The van der Waals surface area contributed by atoms with Crippen LogP contribution in [0.5, 0.6) is 0 Å². The quantitative estimate of drug-likeness (QED) is 0.459. The van der Waals surface area contributed by atoms with Gasteiger partial charge in [-0.3, -0.25) is 4.90 Å². The number of nitrogens with zero attached hydrogens (tertiary/aromatic N) is 2. The molecule has 0 saturated heterocycles. The molecule has 1 atom stereocenters. The van der Waals surface area contributed by atoms with Crippen LogP contribution < -0.4 is 4.90 Å². The van der Waals surface area contributed by atoms with E-state index in [1.165, 1.54) is 4.31 Å². The zero-order chi connectivity index (χ0) is 22.9. The van der Waals surface area contributed by atoms with Crippen LogP contribution >= 0.6 is 11.6 Å². The Bertz CT molecular complexity index is 1260. The zero-order valence-corrected chi connectivity index (χ0v) is 19.6. The lowest BCUT2D eigenvalue weighted by atomic mass is 10.1. The van der Waals surface area contributed by atoms with Gasteiger partial charge in [-0.05, 0) is 54.4 Å². The van der Waals surface area contributed by atoms with Crippen molar-refractivity contribution in [3.8, 4) is 0 Å². The summed E-state index contributed by atoms with van der Waals surface area (Å²) in [6.07, 6.45) is 0.0189. The number of hydrogen-bond donors (Lipinski definition) is 0. The van der Waals surface area contributed by atoms with Crippen molar-refractivity contribution >= 4 is 44.2 Å². The molecule has 1 amide bonds. The number of amides is 1. The summed E-state index contributed by atoms with van der Waals surface area (Å²) in [5.41, 5.74) is 1.58. The molecule has 8 heteroatoms. The maximum Gasteiger partial charge on any atom is 0.414 e. The summed E-state index contributed by atoms with van der Waals surface area (Å²) >= 11 is 6.07. The summed E-state index contributed by atoms with van der Waals surface area (Å²) in [5, 5.41) is 2.45. The van der Waals surface area contributed by atoms with Crippen LogP contribution in [-0.4, -0.2) is 37.9 Å². The van der Waals surface area contributed by atoms with Gasteiger partial charge in [-0.25, -0.2) is 13.2 Å². The van der Waals surface area contributed by atoms with E-state index in [-0.39, 0.29) is 24.1 Å². The first kappa shape index (κ1) is 22.6. The number of hydrogen-bond acceptors (Lipinski definition) is 4. The highest BCUT2D eigenvalue weighted by atomic mass is 35.5. The van der Waals surface area contributed by atoms with E-state index in [1.54, 1.807) is 35.2 Å². The van der Waals surface area contributed by atoms with Crippen molar-refractivity contribution in [2.45, 2.75) is 37.8 Å². The van der Waals surface area contributed by atoms with Gasteiger partial charge in [0.05, 0.1) is 10.6 Å². The van der Waals surface area contributed by atoms with Crippen LogP contribution in [0, 0.1) is 0 Å². The van der Waals surface area contributed by atoms with E-state index in [9.17, 15) is 13.2 Å². The van der Waals surface area contributed by atoms with E-state index in [0.29, 0.717) is 18.0 Å². The normalized spacial score (nSPS) is 15.0. The molecule has 0 fully saturated rings. The van der Waals surface area contributed by atoms with Crippen LogP contribution in [0.4, 0.5) is 10.5 Å². The summed E-state index contributed by atoms with van der Waals surface area (Å²) in [5.74, 6) is 0. The Labute approximate surface area is 193 Å². The predicted molar refractivity (Wildman–Crippen MR) is 127 cm³/mol. The number of fused-ring (bicyclic) bond motifs is 2. The fourth-order valence-corrected chi connectivity index (χ4v) is 5.71. The molecular weight excluding hydrogens is 448 g/mol. The molecule has 0 spiro atoms. The van der Waals surface area contributed by atoms with Gasteiger partial charge in [0.2, 0.25) is 10.0 Å². The van der Waals surface area contributed by atoms with E-state index in [2.05, 4.69) is 0 Å². The molecule has 0 bridgehead atoms. The number of ether oxygens (including phenoxy) is 1. The first-order chi connectivity index (χ1) is 15.3. The first-order valence-corrected chi connectivity index (χ1v) is 12.4. The number of cyclic esters (lactones) is 1. The fraction of sp³-hybridized carbons (Fsp3) is 0.292. The molecule has 0 saturated carbocycles. The Morgan fingerprint density at radius 1 is 1.09 bits per heavy atom. The zero-order valence-electron chi connectivity index (χ0n) is 18.0. The average Bonchev–Trinajstić information content (AvgIpc) is 2.78. The molecule has 3 aromatic rings. The van der Waals surface area contributed by atoms with Crippen LogP contribution in [0.2, 0.25) is 5.02 Å². The maximum atomic E-state index is 13.3. The first-order valence-electron chi connectivity index (χ1n) is 10.5. The molecule has 168 valence electrons. The topological polar surface area (TPSA) is 66.9 Å². The Kier molecular flexibility index (Phi) is 6.42. The number of carbonyl (C=O) groups excluding carboxylic acids is 1. The van der Waals surface area contributed by atoms with Crippen molar-refractivity contribution in [3.63, 3.8) is 0 Å². The Hall–Kier alpha value is -2.61. The summed E-state index contributed by atoms with van der Waals surface area (Å²) in [7, 11) is -3.67. The van der Waals surface area contributed by atoms with Crippen molar-refractivity contribution in [1.82, 2.24) is 4.31 Å². The monoisotopic (exact) mass is 472 g/mol. The minimum absolute atomic E-state index is 0.176. The predicted octanol–water partition coefficient (Wildman–Crippen LogP) is 5.44. The van der Waals surface area contributed by atoms with Gasteiger partial charge in [-0.1, -0.05) is 48.9 Å². The SMILES string of the molecule is CCN(CCC(C)N1C(=O)OCc2cc(Cl)ccc21)S(=O)(=O)c1ccc2ccccc2c1. The molecule has 4 rings (SSSR count). The molecular formula is C24H25ClN2O4S. The van der Waals surface area contributed by atoms with Gasteiger partial charge < -0.3 is 4.74 Å². The molecule has 0 aromatic heterocycles. The average molecular weight is 473 g/mol. The maximum absolute atomic E-state index is 13.3. The standard InChI is InChI=1S/C24H25ClN2O4S/c1-3-26(32(29,30)22-10-8-18-6-4-5-7-19(18)15-22)13-12-17(2)27-23-11-9-21(25)14-20(23)16-31-24(27)28/h4-11,14-15,17H,3,12-13,16H2,1-2H3. The van der Waals surface area contributed by atoms with Crippen LogP contribution in [0.15, 0.2) is 65.6 Å². The highest BCUT2D eigenvalue weighted by molar-refractivity contribution is 7.89. The highest BCUT2D eigenvalue weighted by Gasteiger charge is 2.31. The molecule has 0 aliphatic carbocycles. The van der Waals surface area contributed by atoms with Gasteiger partial charge in [0.1, 0.15) is 6.61 Å². The van der Waals surface area contributed by atoms with Crippen LogP contribution in [-0.2, 0) is 21.4 Å². The van der Waals surface area contributed by atoms with Crippen molar-refractivity contribution in [2.75, 3.05) is 18.0 Å². The van der Waals surface area contributed by atoms with Gasteiger partial charge in [-0.15, -0.1) is 0 Å². The minimum atomic E-state index is -3.67. The minimum Gasteiger partial charge on any atom is -0.444 e. The molecule has 1 heterocycles. The van der Waals surface area contributed by atoms with E-state index in [0.717, 1.165) is 22.0 Å². The molecule has 1 aliphatic rings. The van der Waals surface area contributed by atoms with Crippen molar-refractivity contribution < 1.29 is 17.9 Å². The second-order valence-electron chi connectivity index (χ2n) is 7.84. The van der Waals surface area contributed by atoms with Crippen LogP contribution in [0.1, 0.15) is 25.8 Å². The molecule has 0 radical (unpaired) electrons. The summed E-state index contributed by atoms with van der Waals surface area (Å²) in [6, 6.07) is 17.9. The Balaban J connectivity index is 1.53. The number of halogens is 1. The second kappa shape index (κ2) is 9.10. The van der Waals surface area contributed by atoms with Gasteiger partial charge in [0.15, 0.2) is 0 Å². The fourth-order valence-electron chi connectivity index (χ4n) is 4.01. The molecule has 3 aromatic carbocycles. The largest absolute Gasteiger partial charge is 0.444 e. The van der Waals surface area contributed by atoms with Gasteiger partial charge in [0, 0.05) is 29.7 Å². The molecule has 0 N–H and O–H groups in total. The summed E-state index contributed by atoms with van der Waals surface area (Å²) in [6.45, 7) is 4.49. The lowest BCUT2D eigenvalue weighted by molar-refractivity contribution is 0.139. The third kappa shape index (κ3) is 4.33. The number of rotatable bonds is 7. The number of anilines is 1. The lowest BCUT2D eigenvalue weighted by Gasteiger charge is -2.34. The summed E-state index contributed by atoms with van der Waals surface area (Å²) in [4.78, 5) is 14.3. The Morgan fingerprint density at radius 2 is 1.84 bits per heavy atom. The summed E-state index contributed by atoms with van der Waals surface area (Å²) < 4.78 is 33.4. The van der Waals surface area contributed by atoms with Crippen molar-refractivity contribution in [1.29, 1.82) is 0 Å². The number of sulfonamides is 1. The highest BCUT2D eigenvalue weighted by Crippen LogP contribution is 2.32. The molecule has 1 unspecified atom stereocenters. The third-order valence-electron chi connectivity index (χ3n) is 5.80. The number of carbonyl (C=O) groups is 1. The number of benzene rings is 3. The van der Waals surface area contributed by atoms with Gasteiger partial charge in [0.25, 0.3) is 0 Å². The molecule has 32 heavy (non-hydrogen) atoms. The van der Waals surface area contributed by atoms with Crippen molar-refractivity contribution in [3.05, 3.63) is 71.2 Å².